The van der Waals surface area contributed by atoms with Crippen molar-refractivity contribution >= 4 is 5.96 Å². The molecule has 0 saturated heterocycles. The molecule has 0 heterocycles. The number of nitrogens with zero attached hydrogens (tertiary/aromatic N) is 2. The van der Waals surface area contributed by atoms with E-state index in [1.165, 1.54) is 32.1 Å². The molecule has 0 spiro atoms. The van der Waals surface area contributed by atoms with Gasteiger partial charge in [0.2, 0.25) is 0 Å². The lowest BCUT2D eigenvalue weighted by molar-refractivity contribution is 0.0277. The van der Waals surface area contributed by atoms with Crippen LogP contribution >= 0.6 is 0 Å². The Morgan fingerprint density at radius 1 is 1.21 bits per heavy atom. The van der Waals surface area contributed by atoms with E-state index in [2.05, 4.69) is 21.7 Å². The summed E-state index contributed by atoms with van der Waals surface area (Å²) in [4.78, 5) is 4.23. The van der Waals surface area contributed by atoms with Gasteiger partial charge in [0.15, 0.2) is 5.96 Å². The van der Waals surface area contributed by atoms with Crippen LogP contribution < -0.4 is 10.6 Å². The molecule has 2 rings (SSSR count). The molecule has 0 bridgehead atoms. The molecular formula is C19H28N4O. The van der Waals surface area contributed by atoms with Gasteiger partial charge in [0.25, 0.3) is 0 Å². The summed E-state index contributed by atoms with van der Waals surface area (Å²) in [6, 6.07) is 9.69. The van der Waals surface area contributed by atoms with E-state index in [0.717, 1.165) is 31.1 Å². The third kappa shape index (κ3) is 6.59. The van der Waals surface area contributed by atoms with E-state index in [4.69, 9.17) is 10.00 Å². The summed E-state index contributed by atoms with van der Waals surface area (Å²) in [7, 11) is 1.77. The number of hydrogen-bond donors (Lipinski definition) is 2. The van der Waals surface area contributed by atoms with Gasteiger partial charge in [0, 0.05) is 26.7 Å². The minimum Gasteiger partial charge on any atom is -0.378 e. The molecule has 0 amide bonds. The third-order valence-electron chi connectivity index (χ3n) is 4.29. The number of rotatable bonds is 7. The van der Waals surface area contributed by atoms with Crippen molar-refractivity contribution in [3.8, 4) is 6.07 Å². The van der Waals surface area contributed by atoms with Gasteiger partial charge in [-0.3, -0.25) is 4.99 Å². The van der Waals surface area contributed by atoms with Crippen LogP contribution in [0.4, 0.5) is 0 Å². The van der Waals surface area contributed by atoms with Gasteiger partial charge < -0.3 is 15.4 Å². The maximum atomic E-state index is 8.80. The lowest BCUT2D eigenvalue weighted by atomic mass is 9.98. The van der Waals surface area contributed by atoms with E-state index in [1.54, 1.807) is 7.05 Å². The van der Waals surface area contributed by atoms with Gasteiger partial charge in [-0.15, -0.1) is 0 Å². The largest absolute Gasteiger partial charge is 0.378 e. The van der Waals surface area contributed by atoms with Crippen molar-refractivity contribution < 1.29 is 4.74 Å². The summed E-state index contributed by atoms with van der Waals surface area (Å²) in [5.74, 6) is 0.789. The minimum absolute atomic E-state index is 0.479. The van der Waals surface area contributed by atoms with Gasteiger partial charge in [0.05, 0.1) is 17.7 Å². The van der Waals surface area contributed by atoms with Crippen LogP contribution in [-0.4, -0.2) is 32.3 Å². The Balaban J connectivity index is 1.59. The number of ether oxygens (including phenoxy) is 1. The molecule has 1 aliphatic carbocycles. The predicted molar refractivity (Wildman–Crippen MR) is 96.8 cm³/mol. The molecule has 0 aliphatic heterocycles. The van der Waals surface area contributed by atoms with Gasteiger partial charge in [-0.05, 0) is 37.0 Å². The van der Waals surface area contributed by atoms with E-state index in [0.29, 0.717) is 18.2 Å². The fraction of sp³-hybridized carbons (Fsp3) is 0.579. The second-order valence-corrected chi connectivity index (χ2v) is 6.15. The molecule has 1 aliphatic rings. The highest BCUT2D eigenvalue weighted by molar-refractivity contribution is 5.79. The Labute approximate surface area is 145 Å². The van der Waals surface area contributed by atoms with Crippen molar-refractivity contribution in [3.05, 3.63) is 35.4 Å². The van der Waals surface area contributed by atoms with Crippen LogP contribution in [0.2, 0.25) is 0 Å². The third-order valence-corrected chi connectivity index (χ3v) is 4.29. The fourth-order valence-corrected chi connectivity index (χ4v) is 2.86. The van der Waals surface area contributed by atoms with E-state index in [1.807, 2.05) is 24.3 Å². The molecule has 0 aromatic heterocycles. The van der Waals surface area contributed by atoms with Crippen LogP contribution in [0.3, 0.4) is 0 Å². The van der Waals surface area contributed by atoms with Crippen molar-refractivity contribution in [2.45, 2.75) is 51.2 Å². The van der Waals surface area contributed by atoms with Crippen LogP contribution in [-0.2, 0) is 11.3 Å². The normalized spacial score (nSPS) is 15.8. The Bertz CT molecular complexity index is 541. The summed E-state index contributed by atoms with van der Waals surface area (Å²) >= 11 is 0. The number of benzene rings is 1. The average Bonchev–Trinajstić information content (AvgIpc) is 2.65. The van der Waals surface area contributed by atoms with Gasteiger partial charge in [-0.2, -0.15) is 5.26 Å². The first-order chi connectivity index (χ1) is 11.8. The zero-order chi connectivity index (χ0) is 17.0. The van der Waals surface area contributed by atoms with Gasteiger partial charge >= 0.3 is 0 Å². The second-order valence-electron chi connectivity index (χ2n) is 6.15. The number of aliphatic imine (C=N–C) groups is 1. The van der Waals surface area contributed by atoms with Crippen LogP contribution in [0.25, 0.3) is 0 Å². The first-order valence-electron chi connectivity index (χ1n) is 8.87. The Hall–Kier alpha value is -2.06. The number of guanidine groups is 1. The van der Waals surface area contributed by atoms with Crippen LogP contribution in [0.5, 0.6) is 0 Å². The fourth-order valence-electron chi connectivity index (χ4n) is 2.86. The van der Waals surface area contributed by atoms with Crippen molar-refractivity contribution in [3.63, 3.8) is 0 Å². The quantitative estimate of drug-likeness (QED) is 0.459. The van der Waals surface area contributed by atoms with Crippen LogP contribution in [0.1, 0.15) is 49.7 Å². The molecule has 5 nitrogen and oxygen atoms in total. The molecule has 130 valence electrons. The van der Waals surface area contributed by atoms with E-state index < -0.39 is 0 Å². The molecule has 1 aromatic rings. The highest BCUT2D eigenvalue weighted by atomic mass is 16.5. The molecule has 24 heavy (non-hydrogen) atoms. The Morgan fingerprint density at radius 3 is 2.62 bits per heavy atom. The molecule has 0 atom stereocenters. The highest BCUT2D eigenvalue weighted by Gasteiger charge is 2.12. The smallest absolute Gasteiger partial charge is 0.191 e. The topological polar surface area (TPSA) is 69.4 Å². The van der Waals surface area contributed by atoms with Gasteiger partial charge in [0.1, 0.15) is 0 Å². The van der Waals surface area contributed by atoms with Crippen molar-refractivity contribution in [1.82, 2.24) is 10.6 Å². The highest BCUT2D eigenvalue weighted by Crippen LogP contribution is 2.20. The lowest BCUT2D eigenvalue weighted by Crippen LogP contribution is -2.37. The summed E-state index contributed by atoms with van der Waals surface area (Å²) in [5, 5.41) is 15.4. The first-order valence-corrected chi connectivity index (χ1v) is 8.87. The average molecular weight is 328 g/mol. The van der Waals surface area contributed by atoms with E-state index in [9.17, 15) is 0 Å². The van der Waals surface area contributed by atoms with Gasteiger partial charge in [-0.1, -0.05) is 31.4 Å². The molecule has 1 aromatic carbocycles. The zero-order valence-corrected chi connectivity index (χ0v) is 14.6. The Morgan fingerprint density at radius 2 is 1.96 bits per heavy atom. The SMILES string of the molecule is CN=C(NCCCOC1CCCCC1)NCc1ccc(C#N)cc1. The molecule has 2 N–H and O–H groups in total. The van der Waals surface area contributed by atoms with E-state index in [-0.39, 0.29) is 0 Å². The number of nitrogens with one attached hydrogen (secondary N) is 2. The summed E-state index contributed by atoms with van der Waals surface area (Å²) < 4.78 is 5.92. The number of nitriles is 1. The lowest BCUT2D eigenvalue weighted by Gasteiger charge is -2.22. The molecular weight excluding hydrogens is 300 g/mol. The van der Waals surface area contributed by atoms with E-state index >= 15 is 0 Å². The summed E-state index contributed by atoms with van der Waals surface area (Å²) in [6.07, 6.45) is 7.90. The standard InChI is InChI=1S/C19H28N4O/c1-21-19(23-15-17-10-8-16(14-20)9-11-17)22-12-5-13-24-18-6-3-2-4-7-18/h8-11,18H,2-7,12-13,15H2,1H3,(H2,21,22,23). The van der Waals surface area contributed by atoms with Gasteiger partial charge in [-0.25, -0.2) is 0 Å². The molecule has 5 heteroatoms. The summed E-state index contributed by atoms with van der Waals surface area (Å²) in [5.41, 5.74) is 1.80. The van der Waals surface area contributed by atoms with Crippen LogP contribution in [0.15, 0.2) is 29.3 Å². The molecule has 1 fully saturated rings. The van der Waals surface area contributed by atoms with Crippen molar-refractivity contribution in [2.75, 3.05) is 20.2 Å². The summed E-state index contributed by atoms with van der Waals surface area (Å²) in [6.45, 7) is 2.34. The Kier molecular flexibility index (Phi) is 8.12. The number of hydrogen-bond acceptors (Lipinski definition) is 3. The molecule has 0 radical (unpaired) electrons. The van der Waals surface area contributed by atoms with Crippen molar-refractivity contribution in [2.24, 2.45) is 4.99 Å². The minimum atomic E-state index is 0.479. The van der Waals surface area contributed by atoms with Crippen molar-refractivity contribution in [1.29, 1.82) is 5.26 Å². The molecule has 0 unspecified atom stereocenters. The maximum absolute atomic E-state index is 8.80. The zero-order valence-electron chi connectivity index (χ0n) is 14.6. The monoisotopic (exact) mass is 328 g/mol. The first kappa shape index (κ1) is 18.3. The predicted octanol–water partition coefficient (Wildman–Crippen LogP) is 2.96. The van der Waals surface area contributed by atoms with Crippen LogP contribution in [0, 0.1) is 11.3 Å². The maximum Gasteiger partial charge on any atom is 0.191 e. The molecule has 1 saturated carbocycles. The second kappa shape index (κ2) is 10.7.